The highest BCUT2D eigenvalue weighted by Gasteiger charge is 2.47. The maximum Gasteiger partial charge on any atom is 0.270 e. The van der Waals surface area contributed by atoms with Crippen LogP contribution in [0.5, 0.6) is 0 Å². The van der Waals surface area contributed by atoms with Crippen LogP contribution in [0.15, 0.2) is 23.2 Å². The molecule has 0 amide bonds. The molecule has 1 saturated carbocycles. The molecule has 1 aliphatic heterocycles. The van der Waals surface area contributed by atoms with E-state index in [1.807, 2.05) is 0 Å². The number of hydrogen-bond acceptors (Lipinski definition) is 4. The number of benzene rings is 1. The summed E-state index contributed by atoms with van der Waals surface area (Å²) < 4.78 is 0. The van der Waals surface area contributed by atoms with Crippen LogP contribution in [0.4, 0.5) is 5.69 Å². The third-order valence-corrected chi connectivity index (χ3v) is 3.58. The molecule has 3 rings (SSSR count). The van der Waals surface area contributed by atoms with Gasteiger partial charge in [-0.3, -0.25) is 19.9 Å². The molecule has 1 aromatic rings. The number of aldehydes is 1. The van der Waals surface area contributed by atoms with Crippen LogP contribution >= 0.6 is 0 Å². The summed E-state index contributed by atoms with van der Waals surface area (Å²) in [6.45, 7) is 0.631. The van der Waals surface area contributed by atoms with Crippen LogP contribution in [0, 0.1) is 10.1 Å². The van der Waals surface area contributed by atoms with Gasteiger partial charge in [0, 0.05) is 29.7 Å². The number of nitrogens with zero attached hydrogens (tertiary/aromatic N) is 2. The normalized spacial score (nSPS) is 19.4. The molecule has 5 heteroatoms. The number of non-ortho nitro benzene ring substituents is 1. The SMILES string of the molecule is O=CC1=NCC2(CC2)c2ccc([N+](=O)[O-])cc21. The van der Waals surface area contributed by atoms with E-state index in [-0.39, 0.29) is 11.1 Å². The number of nitro benzene ring substituents is 1. The van der Waals surface area contributed by atoms with Crippen molar-refractivity contribution in [3.8, 4) is 0 Å². The average Bonchev–Trinajstić information content (AvgIpc) is 3.10. The highest BCUT2D eigenvalue weighted by Crippen LogP contribution is 2.51. The second-order valence-corrected chi connectivity index (χ2v) is 4.59. The first-order valence-electron chi connectivity index (χ1n) is 5.45. The van der Waals surface area contributed by atoms with E-state index in [1.165, 1.54) is 12.1 Å². The predicted octanol–water partition coefficient (Wildman–Crippen LogP) is 1.63. The van der Waals surface area contributed by atoms with Crippen LogP contribution in [-0.4, -0.2) is 23.5 Å². The number of rotatable bonds is 2. The van der Waals surface area contributed by atoms with E-state index < -0.39 is 4.92 Å². The lowest BCUT2D eigenvalue weighted by Crippen LogP contribution is -2.23. The first-order chi connectivity index (χ1) is 8.16. The van der Waals surface area contributed by atoms with E-state index in [9.17, 15) is 14.9 Å². The average molecular weight is 230 g/mol. The fourth-order valence-electron chi connectivity index (χ4n) is 2.41. The minimum absolute atomic E-state index is 0.0102. The topological polar surface area (TPSA) is 72.6 Å². The van der Waals surface area contributed by atoms with E-state index in [2.05, 4.69) is 4.99 Å². The molecule has 0 unspecified atom stereocenters. The minimum atomic E-state index is -0.448. The fraction of sp³-hybridized carbons (Fsp3) is 0.333. The fourth-order valence-corrected chi connectivity index (χ4v) is 2.41. The van der Waals surface area contributed by atoms with Crippen LogP contribution in [0.1, 0.15) is 24.0 Å². The molecule has 0 saturated heterocycles. The Labute approximate surface area is 97.3 Å². The lowest BCUT2D eigenvalue weighted by Gasteiger charge is -2.22. The van der Waals surface area contributed by atoms with Gasteiger partial charge in [-0.25, -0.2) is 0 Å². The van der Waals surface area contributed by atoms with Crippen LogP contribution < -0.4 is 0 Å². The molecule has 1 fully saturated rings. The number of hydrogen-bond donors (Lipinski definition) is 0. The molecule has 2 aliphatic rings. The van der Waals surface area contributed by atoms with Gasteiger partial charge in [0.1, 0.15) is 5.71 Å². The van der Waals surface area contributed by atoms with Gasteiger partial charge in [0.05, 0.1) is 4.92 Å². The summed E-state index contributed by atoms with van der Waals surface area (Å²) in [5.41, 5.74) is 2.08. The second-order valence-electron chi connectivity index (χ2n) is 4.59. The molecule has 1 spiro atoms. The molecular formula is C12H10N2O3. The quantitative estimate of drug-likeness (QED) is 0.440. The summed E-state index contributed by atoms with van der Waals surface area (Å²) in [7, 11) is 0. The summed E-state index contributed by atoms with van der Waals surface area (Å²) in [6.07, 6.45) is 2.78. The molecule has 1 aromatic carbocycles. The minimum Gasteiger partial charge on any atom is -0.296 e. The first-order valence-corrected chi connectivity index (χ1v) is 5.45. The van der Waals surface area contributed by atoms with E-state index >= 15 is 0 Å². The van der Waals surface area contributed by atoms with Crippen LogP contribution in [0.3, 0.4) is 0 Å². The maximum atomic E-state index is 10.9. The van der Waals surface area contributed by atoms with Crippen molar-refractivity contribution in [2.24, 2.45) is 4.99 Å². The van der Waals surface area contributed by atoms with Crippen molar-refractivity contribution in [1.82, 2.24) is 0 Å². The van der Waals surface area contributed by atoms with Gasteiger partial charge < -0.3 is 0 Å². The lowest BCUT2D eigenvalue weighted by molar-refractivity contribution is -0.384. The van der Waals surface area contributed by atoms with Crippen LogP contribution in [0.2, 0.25) is 0 Å². The van der Waals surface area contributed by atoms with Gasteiger partial charge in [-0.15, -0.1) is 0 Å². The van der Waals surface area contributed by atoms with Crippen LogP contribution in [0.25, 0.3) is 0 Å². The Balaban J connectivity index is 2.19. The van der Waals surface area contributed by atoms with Crippen molar-refractivity contribution < 1.29 is 9.72 Å². The third-order valence-electron chi connectivity index (χ3n) is 3.58. The molecule has 0 N–H and O–H groups in total. The Hall–Kier alpha value is -2.04. The number of carbonyl (C=O) groups excluding carboxylic acids is 1. The van der Waals surface area contributed by atoms with Gasteiger partial charge in [-0.05, 0) is 18.4 Å². The van der Waals surface area contributed by atoms with Crippen molar-refractivity contribution in [3.05, 3.63) is 39.4 Å². The zero-order valence-corrected chi connectivity index (χ0v) is 9.05. The number of nitro groups is 1. The molecule has 1 aliphatic carbocycles. The largest absolute Gasteiger partial charge is 0.296 e. The number of fused-ring (bicyclic) bond motifs is 2. The highest BCUT2D eigenvalue weighted by atomic mass is 16.6. The maximum absolute atomic E-state index is 10.9. The van der Waals surface area contributed by atoms with Crippen molar-refractivity contribution >= 4 is 17.7 Å². The van der Waals surface area contributed by atoms with Gasteiger partial charge >= 0.3 is 0 Å². The number of aliphatic imine (C=N–C) groups is 1. The Morgan fingerprint density at radius 1 is 1.41 bits per heavy atom. The Kier molecular flexibility index (Phi) is 1.92. The zero-order chi connectivity index (χ0) is 12.0. The van der Waals surface area contributed by atoms with Gasteiger partial charge in [-0.1, -0.05) is 6.07 Å². The first kappa shape index (κ1) is 10.1. The molecule has 0 bridgehead atoms. The highest BCUT2D eigenvalue weighted by molar-refractivity contribution is 6.37. The Morgan fingerprint density at radius 3 is 2.76 bits per heavy atom. The predicted molar refractivity (Wildman–Crippen MR) is 61.5 cm³/mol. The zero-order valence-electron chi connectivity index (χ0n) is 9.05. The van der Waals surface area contributed by atoms with Gasteiger partial charge in [-0.2, -0.15) is 0 Å². The molecule has 17 heavy (non-hydrogen) atoms. The summed E-state index contributed by atoms with van der Waals surface area (Å²) in [6, 6.07) is 4.74. The monoisotopic (exact) mass is 230 g/mol. The molecule has 0 aromatic heterocycles. The summed E-state index contributed by atoms with van der Waals surface area (Å²) in [5, 5.41) is 10.7. The van der Waals surface area contributed by atoms with Crippen molar-refractivity contribution in [2.45, 2.75) is 18.3 Å². The van der Waals surface area contributed by atoms with E-state index in [1.54, 1.807) is 6.07 Å². The van der Waals surface area contributed by atoms with Crippen molar-refractivity contribution in [1.29, 1.82) is 0 Å². The Bertz CT molecular complexity index is 559. The standard InChI is InChI=1S/C12H10N2O3/c15-6-11-9-5-8(14(16)17)1-2-10(9)12(3-4-12)7-13-11/h1-2,5-6H,3-4,7H2. The summed E-state index contributed by atoms with van der Waals surface area (Å²) >= 11 is 0. The van der Waals surface area contributed by atoms with Crippen molar-refractivity contribution in [2.75, 3.05) is 6.54 Å². The molecule has 0 radical (unpaired) electrons. The summed E-state index contributed by atoms with van der Waals surface area (Å²) in [5.74, 6) is 0. The van der Waals surface area contributed by atoms with Gasteiger partial charge in [0.15, 0.2) is 6.29 Å². The van der Waals surface area contributed by atoms with E-state index in [0.717, 1.165) is 18.4 Å². The second kappa shape index (κ2) is 3.23. The smallest absolute Gasteiger partial charge is 0.270 e. The van der Waals surface area contributed by atoms with Gasteiger partial charge in [0.2, 0.25) is 0 Å². The lowest BCUT2D eigenvalue weighted by atomic mass is 9.86. The van der Waals surface area contributed by atoms with Crippen molar-refractivity contribution in [3.63, 3.8) is 0 Å². The molecule has 1 heterocycles. The molecular weight excluding hydrogens is 220 g/mol. The van der Waals surface area contributed by atoms with Gasteiger partial charge in [0.25, 0.3) is 5.69 Å². The molecule has 0 atom stereocenters. The van der Waals surface area contributed by atoms with Crippen LogP contribution in [-0.2, 0) is 10.2 Å². The molecule has 5 nitrogen and oxygen atoms in total. The third kappa shape index (κ3) is 1.39. The Morgan fingerprint density at radius 2 is 2.18 bits per heavy atom. The number of carbonyl (C=O) groups is 1. The van der Waals surface area contributed by atoms with E-state index in [0.29, 0.717) is 24.1 Å². The molecule has 86 valence electrons. The van der Waals surface area contributed by atoms with E-state index in [4.69, 9.17) is 0 Å². The summed E-state index contributed by atoms with van der Waals surface area (Å²) in [4.78, 5) is 25.5.